The summed E-state index contributed by atoms with van der Waals surface area (Å²) in [5.41, 5.74) is 1.17. The molecule has 1 aromatic carbocycles. The number of ether oxygens (including phenoxy) is 1. The second-order valence-corrected chi connectivity index (χ2v) is 6.97. The quantitative estimate of drug-likeness (QED) is 0.789. The van der Waals surface area contributed by atoms with Gasteiger partial charge in [0.15, 0.2) is 0 Å². The lowest BCUT2D eigenvalue weighted by Crippen LogP contribution is -2.47. The molecule has 1 fully saturated rings. The van der Waals surface area contributed by atoms with Gasteiger partial charge in [-0.3, -0.25) is 4.55 Å². The van der Waals surface area contributed by atoms with Crippen LogP contribution >= 0.6 is 24.0 Å². The van der Waals surface area contributed by atoms with Crippen LogP contribution in [0.15, 0.2) is 24.3 Å². The normalized spacial score (nSPS) is 22.6. The molecule has 21 heavy (non-hydrogen) atoms. The van der Waals surface area contributed by atoms with Crippen molar-refractivity contribution in [3.8, 4) is 0 Å². The summed E-state index contributed by atoms with van der Waals surface area (Å²) in [4.78, 5) is 0. The van der Waals surface area contributed by atoms with Gasteiger partial charge >= 0.3 is 0 Å². The smallest absolute Gasteiger partial charge is 0.264 e. The van der Waals surface area contributed by atoms with Gasteiger partial charge in [0.05, 0.1) is 18.5 Å². The highest BCUT2D eigenvalue weighted by Gasteiger charge is 2.22. The zero-order chi connectivity index (χ0) is 14.6. The Bertz CT molecular complexity index is 528. The number of halogens is 2. The first-order valence-electron chi connectivity index (χ1n) is 6.47. The Morgan fingerprint density at radius 3 is 2.52 bits per heavy atom. The van der Waals surface area contributed by atoms with Gasteiger partial charge in [-0.15, -0.1) is 12.4 Å². The Balaban J connectivity index is 0.00000220. The van der Waals surface area contributed by atoms with Crippen LogP contribution in [0.25, 0.3) is 0 Å². The van der Waals surface area contributed by atoms with Crippen LogP contribution in [0.3, 0.4) is 0 Å². The lowest BCUT2D eigenvalue weighted by Gasteiger charge is -2.30. The molecule has 2 N–H and O–H groups in total. The fraction of sp³-hybridized carbons (Fsp3) is 0.538. The van der Waals surface area contributed by atoms with Crippen molar-refractivity contribution in [2.45, 2.75) is 25.0 Å². The van der Waals surface area contributed by atoms with Crippen LogP contribution in [0.1, 0.15) is 12.0 Å². The Labute approximate surface area is 136 Å². The lowest BCUT2D eigenvalue weighted by atomic mass is 10.0. The third-order valence-electron chi connectivity index (χ3n) is 3.26. The SMILES string of the molecule is Cl.O=S(=O)(O)CC[C@@H]1CN[C@@H](Cc2ccc(Cl)cc2)CO1. The van der Waals surface area contributed by atoms with Crippen LogP contribution in [0.4, 0.5) is 0 Å². The highest BCUT2D eigenvalue weighted by Crippen LogP contribution is 2.14. The molecule has 1 saturated heterocycles. The van der Waals surface area contributed by atoms with Gasteiger partial charge in [-0.25, -0.2) is 0 Å². The summed E-state index contributed by atoms with van der Waals surface area (Å²) in [6.07, 6.45) is 0.972. The molecule has 0 saturated carbocycles. The fourth-order valence-corrected chi connectivity index (χ4v) is 2.86. The maximum atomic E-state index is 10.7. The first kappa shape index (κ1) is 18.7. The predicted octanol–water partition coefficient (Wildman–Crippen LogP) is 1.94. The number of rotatable bonds is 5. The molecule has 0 radical (unpaired) electrons. The van der Waals surface area contributed by atoms with E-state index in [1.165, 1.54) is 5.56 Å². The van der Waals surface area contributed by atoms with Crippen LogP contribution in [0, 0.1) is 0 Å². The molecule has 1 aromatic rings. The minimum absolute atomic E-state index is 0. The molecule has 1 aliphatic rings. The molecule has 1 heterocycles. The van der Waals surface area contributed by atoms with Gasteiger partial charge in [-0.2, -0.15) is 8.42 Å². The number of nitrogens with one attached hydrogen (secondary N) is 1. The summed E-state index contributed by atoms with van der Waals surface area (Å²) in [6.45, 7) is 1.12. The molecule has 120 valence electrons. The van der Waals surface area contributed by atoms with E-state index < -0.39 is 10.1 Å². The molecule has 0 bridgehead atoms. The molecule has 2 atom stereocenters. The van der Waals surface area contributed by atoms with Crippen molar-refractivity contribution in [2.75, 3.05) is 18.9 Å². The second kappa shape index (κ2) is 8.31. The minimum atomic E-state index is -3.91. The van der Waals surface area contributed by atoms with Gasteiger partial charge in [-0.05, 0) is 30.5 Å². The molecule has 0 amide bonds. The molecule has 2 rings (SSSR count). The summed E-state index contributed by atoms with van der Waals surface area (Å²) in [7, 11) is -3.91. The topological polar surface area (TPSA) is 75.6 Å². The summed E-state index contributed by atoms with van der Waals surface area (Å²) < 4.78 is 35.7. The van der Waals surface area contributed by atoms with E-state index in [4.69, 9.17) is 20.9 Å². The average molecular weight is 356 g/mol. The van der Waals surface area contributed by atoms with E-state index in [1.54, 1.807) is 0 Å². The van der Waals surface area contributed by atoms with E-state index in [2.05, 4.69) is 5.32 Å². The second-order valence-electron chi connectivity index (χ2n) is 4.97. The van der Waals surface area contributed by atoms with Gasteiger partial charge in [0.2, 0.25) is 0 Å². The monoisotopic (exact) mass is 355 g/mol. The van der Waals surface area contributed by atoms with Gasteiger partial charge in [0.1, 0.15) is 0 Å². The summed E-state index contributed by atoms with van der Waals surface area (Å²) in [5, 5.41) is 4.05. The van der Waals surface area contributed by atoms with Crippen molar-refractivity contribution >= 4 is 34.1 Å². The van der Waals surface area contributed by atoms with Crippen LogP contribution < -0.4 is 5.32 Å². The van der Waals surface area contributed by atoms with E-state index >= 15 is 0 Å². The van der Waals surface area contributed by atoms with Gasteiger partial charge in [-0.1, -0.05) is 23.7 Å². The van der Waals surface area contributed by atoms with E-state index in [0.29, 0.717) is 24.6 Å². The van der Waals surface area contributed by atoms with Crippen molar-refractivity contribution in [1.82, 2.24) is 5.32 Å². The largest absolute Gasteiger partial charge is 0.375 e. The van der Waals surface area contributed by atoms with Gasteiger partial charge in [0, 0.05) is 17.6 Å². The van der Waals surface area contributed by atoms with Crippen LogP contribution in [-0.4, -0.2) is 44.0 Å². The third kappa shape index (κ3) is 6.95. The van der Waals surface area contributed by atoms with Crippen LogP contribution in [0.5, 0.6) is 0 Å². The molecule has 5 nitrogen and oxygen atoms in total. The predicted molar refractivity (Wildman–Crippen MR) is 85.0 cm³/mol. The van der Waals surface area contributed by atoms with Gasteiger partial charge < -0.3 is 10.1 Å². The highest BCUT2D eigenvalue weighted by atomic mass is 35.5. The molecular weight excluding hydrogens is 337 g/mol. The van der Waals surface area contributed by atoms with Gasteiger partial charge in [0.25, 0.3) is 10.1 Å². The first-order valence-corrected chi connectivity index (χ1v) is 8.46. The summed E-state index contributed by atoms with van der Waals surface area (Å²) in [6, 6.07) is 7.88. The number of morpholine rings is 1. The Morgan fingerprint density at radius 1 is 1.33 bits per heavy atom. The van der Waals surface area contributed by atoms with Crippen LogP contribution in [0.2, 0.25) is 5.02 Å². The fourth-order valence-electron chi connectivity index (χ4n) is 2.17. The zero-order valence-corrected chi connectivity index (χ0v) is 13.8. The molecule has 0 aliphatic carbocycles. The summed E-state index contributed by atoms with van der Waals surface area (Å²) >= 11 is 5.84. The standard InChI is InChI=1S/C13H18ClNO4S.ClH/c14-11-3-1-10(2-4-11)7-12-9-19-13(8-15-12)5-6-20(16,17)18;/h1-4,12-13,15H,5-9H2,(H,16,17,18);1H/t12-,13+;/m0./s1. The Hall–Kier alpha value is -0.370. The Kier molecular flexibility index (Phi) is 7.39. The van der Waals surface area contributed by atoms with E-state index in [-0.39, 0.29) is 30.3 Å². The molecule has 0 spiro atoms. The highest BCUT2D eigenvalue weighted by molar-refractivity contribution is 7.85. The first-order chi connectivity index (χ1) is 9.42. The number of benzene rings is 1. The molecule has 1 aliphatic heterocycles. The molecule has 8 heteroatoms. The van der Waals surface area contributed by atoms with E-state index in [9.17, 15) is 8.42 Å². The van der Waals surface area contributed by atoms with Crippen molar-refractivity contribution < 1.29 is 17.7 Å². The van der Waals surface area contributed by atoms with Crippen molar-refractivity contribution in [3.05, 3.63) is 34.9 Å². The van der Waals surface area contributed by atoms with E-state index in [0.717, 1.165) is 6.42 Å². The maximum absolute atomic E-state index is 10.7. The van der Waals surface area contributed by atoms with Crippen molar-refractivity contribution in [2.24, 2.45) is 0 Å². The van der Waals surface area contributed by atoms with Crippen molar-refractivity contribution in [1.29, 1.82) is 0 Å². The third-order valence-corrected chi connectivity index (χ3v) is 4.26. The molecular formula is C13H19Cl2NO4S. The van der Waals surface area contributed by atoms with Crippen LogP contribution in [-0.2, 0) is 21.3 Å². The summed E-state index contributed by atoms with van der Waals surface area (Å²) in [5.74, 6) is -0.263. The zero-order valence-electron chi connectivity index (χ0n) is 11.4. The minimum Gasteiger partial charge on any atom is -0.375 e. The van der Waals surface area contributed by atoms with Crippen molar-refractivity contribution in [3.63, 3.8) is 0 Å². The van der Waals surface area contributed by atoms with E-state index in [1.807, 2.05) is 24.3 Å². The number of hydrogen-bond acceptors (Lipinski definition) is 4. The lowest BCUT2D eigenvalue weighted by molar-refractivity contribution is 0.00297. The average Bonchev–Trinajstić information content (AvgIpc) is 2.40. The molecule has 0 aromatic heterocycles. The number of hydrogen-bond donors (Lipinski definition) is 2. The maximum Gasteiger partial charge on any atom is 0.264 e. The Morgan fingerprint density at radius 2 is 2.00 bits per heavy atom. The molecule has 0 unspecified atom stereocenters.